The first-order chi connectivity index (χ1) is 13.9. The van der Waals surface area contributed by atoms with E-state index in [1.807, 2.05) is 30.5 Å². The predicted octanol–water partition coefficient (Wildman–Crippen LogP) is 5.35. The number of Topliss-reactive ketones (excluding diaryl/α,β-unsaturated/α-hetero) is 2. The third kappa shape index (κ3) is 2.81. The van der Waals surface area contributed by atoms with E-state index in [4.69, 9.17) is 0 Å². The van der Waals surface area contributed by atoms with Gasteiger partial charge in [-0.25, -0.2) is 0 Å². The van der Waals surface area contributed by atoms with Crippen LogP contribution in [0.15, 0.2) is 70.3 Å². The molecule has 2 aromatic carbocycles. The van der Waals surface area contributed by atoms with E-state index in [0.29, 0.717) is 6.42 Å². The van der Waals surface area contributed by atoms with E-state index in [2.05, 4.69) is 43.4 Å². The summed E-state index contributed by atoms with van der Waals surface area (Å²) in [6.45, 7) is 4.27. The number of thioether (sulfide) groups is 1. The summed E-state index contributed by atoms with van der Waals surface area (Å²) in [6, 6.07) is 16.0. The Morgan fingerprint density at radius 3 is 2.31 bits per heavy atom. The minimum Gasteiger partial charge on any atom is -0.358 e. The smallest absolute Gasteiger partial charge is 0.192 e. The van der Waals surface area contributed by atoms with E-state index in [1.54, 1.807) is 11.8 Å². The van der Waals surface area contributed by atoms with E-state index in [9.17, 15) is 9.59 Å². The molecule has 0 amide bonds. The van der Waals surface area contributed by atoms with Gasteiger partial charge in [0.2, 0.25) is 0 Å². The summed E-state index contributed by atoms with van der Waals surface area (Å²) in [6.07, 6.45) is 3.36. The summed E-state index contributed by atoms with van der Waals surface area (Å²) >= 11 is 1.69. The molecule has 1 atom stereocenters. The minimum atomic E-state index is -0.305. The highest BCUT2D eigenvalue weighted by molar-refractivity contribution is 7.98. The standard InChI is InChI=1S/C25H23NO2S/c1-25(2)12-18-21(19(27)13-25)20(14-8-10-15(29-3)11-9-14)22-23(26-18)16-6-4-5-7-17(16)24(22)28/h4-11,20,26H,12-13H2,1-3H3/t20-/m1/s1. The number of rotatable bonds is 2. The molecule has 1 N–H and O–H groups in total. The van der Waals surface area contributed by atoms with Crippen molar-refractivity contribution in [1.29, 1.82) is 0 Å². The molecule has 5 rings (SSSR count). The Labute approximate surface area is 175 Å². The maximum atomic E-state index is 13.4. The van der Waals surface area contributed by atoms with E-state index in [1.165, 1.54) is 4.90 Å². The molecule has 29 heavy (non-hydrogen) atoms. The fourth-order valence-electron chi connectivity index (χ4n) is 4.92. The molecule has 0 saturated heterocycles. The van der Waals surface area contributed by atoms with Crippen LogP contribution in [0.5, 0.6) is 0 Å². The van der Waals surface area contributed by atoms with Gasteiger partial charge in [-0.15, -0.1) is 11.8 Å². The second kappa shape index (κ2) is 6.46. The van der Waals surface area contributed by atoms with Crippen LogP contribution < -0.4 is 5.32 Å². The van der Waals surface area contributed by atoms with Crippen LogP contribution in [0.3, 0.4) is 0 Å². The normalized spacial score (nSPS) is 22.2. The number of hydrogen-bond acceptors (Lipinski definition) is 4. The first kappa shape index (κ1) is 18.4. The maximum Gasteiger partial charge on any atom is 0.192 e. The van der Waals surface area contributed by atoms with Gasteiger partial charge < -0.3 is 5.32 Å². The summed E-state index contributed by atoms with van der Waals surface area (Å²) in [5.74, 6) is -0.120. The van der Waals surface area contributed by atoms with Crippen LogP contribution >= 0.6 is 11.8 Å². The van der Waals surface area contributed by atoms with Crippen LogP contribution in [0.2, 0.25) is 0 Å². The molecular formula is C25H23NO2S. The Bertz CT molecular complexity index is 1120. The molecule has 0 unspecified atom stereocenters. The third-order valence-electron chi connectivity index (χ3n) is 6.18. The number of hydrogen-bond donors (Lipinski definition) is 1. The fraction of sp³-hybridized carbons (Fsp3) is 0.280. The number of fused-ring (bicyclic) bond motifs is 2. The molecule has 0 bridgehead atoms. The largest absolute Gasteiger partial charge is 0.358 e. The SMILES string of the molecule is CSc1ccc([C@@H]2C3=C(CC(C)(C)CC3=O)NC3=C2C(=O)c2ccccc23)cc1. The van der Waals surface area contributed by atoms with Crippen molar-refractivity contribution in [3.05, 3.63) is 82.1 Å². The average molecular weight is 402 g/mol. The maximum absolute atomic E-state index is 13.4. The fourth-order valence-corrected chi connectivity index (χ4v) is 5.33. The Morgan fingerprint density at radius 1 is 0.931 bits per heavy atom. The lowest BCUT2D eigenvalue weighted by Gasteiger charge is -2.39. The lowest BCUT2D eigenvalue weighted by atomic mass is 9.68. The monoisotopic (exact) mass is 401 g/mol. The van der Waals surface area contributed by atoms with E-state index in [0.717, 1.165) is 45.7 Å². The number of carbonyl (C=O) groups is 2. The topological polar surface area (TPSA) is 46.2 Å². The molecule has 1 heterocycles. The van der Waals surface area contributed by atoms with Gasteiger partial charge in [-0.2, -0.15) is 0 Å². The quantitative estimate of drug-likeness (QED) is 0.690. The zero-order valence-electron chi connectivity index (χ0n) is 16.8. The third-order valence-corrected chi connectivity index (χ3v) is 6.92. The number of nitrogens with one attached hydrogen (secondary N) is 1. The summed E-state index contributed by atoms with van der Waals surface area (Å²) in [5.41, 5.74) is 5.95. The number of dihydropyridines is 1. The van der Waals surface area contributed by atoms with Crippen molar-refractivity contribution in [2.75, 3.05) is 6.26 Å². The molecule has 0 aromatic heterocycles. The van der Waals surface area contributed by atoms with Crippen molar-refractivity contribution >= 4 is 29.0 Å². The van der Waals surface area contributed by atoms with Gasteiger partial charge in [-0.3, -0.25) is 9.59 Å². The van der Waals surface area contributed by atoms with Gasteiger partial charge in [0, 0.05) is 45.2 Å². The second-order valence-corrected chi connectivity index (χ2v) is 9.71. The minimum absolute atomic E-state index is 0.0335. The first-order valence-corrected chi connectivity index (χ1v) is 11.2. The van der Waals surface area contributed by atoms with E-state index >= 15 is 0 Å². The van der Waals surface area contributed by atoms with Gasteiger partial charge in [0.25, 0.3) is 0 Å². The second-order valence-electron chi connectivity index (χ2n) is 8.83. The zero-order chi connectivity index (χ0) is 20.3. The number of ketones is 2. The molecule has 3 aliphatic rings. The molecule has 4 heteroatoms. The zero-order valence-corrected chi connectivity index (χ0v) is 17.7. The van der Waals surface area contributed by atoms with Gasteiger partial charge in [0.15, 0.2) is 11.6 Å². The number of carbonyl (C=O) groups excluding carboxylic acids is 2. The summed E-state index contributed by atoms with van der Waals surface area (Å²) in [4.78, 5) is 27.9. The van der Waals surface area contributed by atoms with Crippen LogP contribution in [0, 0.1) is 5.41 Å². The highest BCUT2D eigenvalue weighted by atomic mass is 32.2. The molecule has 146 valence electrons. The van der Waals surface area contributed by atoms with Gasteiger partial charge in [-0.1, -0.05) is 50.2 Å². The lowest BCUT2D eigenvalue weighted by Crippen LogP contribution is -2.37. The Morgan fingerprint density at radius 2 is 1.62 bits per heavy atom. The van der Waals surface area contributed by atoms with Gasteiger partial charge >= 0.3 is 0 Å². The number of benzene rings is 2. The highest BCUT2D eigenvalue weighted by Gasteiger charge is 2.46. The summed E-state index contributed by atoms with van der Waals surface area (Å²) in [5, 5.41) is 3.53. The summed E-state index contributed by atoms with van der Waals surface area (Å²) in [7, 11) is 0. The predicted molar refractivity (Wildman–Crippen MR) is 117 cm³/mol. The molecule has 0 fully saturated rings. The van der Waals surface area contributed by atoms with Gasteiger partial charge in [-0.05, 0) is 35.8 Å². The molecular weight excluding hydrogens is 378 g/mol. The molecule has 2 aromatic rings. The van der Waals surface area contributed by atoms with Crippen LogP contribution in [0.25, 0.3) is 5.70 Å². The average Bonchev–Trinajstić information content (AvgIpc) is 2.98. The van der Waals surface area contributed by atoms with Crippen LogP contribution in [-0.2, 0) is 4.79 Å². The first-order valence-electron chi connectivity index (χ1n) is 9.95. The number of allylic oxidation sites excluding steroid dienone is 3. The van der Waals surface area contributed by atoms with Gasteiger partial charge in [0.1, 0.15) is 0 Å². The van der Waals surface area contributed by atoms with E-state index < -0.39 is 0 Å². The molecule has 0 radical (unpaired) electrons. The van der Waals surface area contributed by atoms with Crippen molar-refractivity contribution < 1.29 is 9.59 Å². The summed E-state index contributed by atoms with van der Waals surface area (Å²) < 4.78 is 0. The molecule has 3 nitrogen and oxygen atoms in total. The Kier molecular flexibility index (Phi) is 4.11. The lowest BCUT2D eigenvalue weighted by molar-refractivity contribution is -0.118. The van der Waals surface area contributed by atoms with Crippen molar-refractivity contribution in [3.63, 3.8) is 0 Å². The molecule has 2 aliphatic carbocycles. The van der Waals surface area contributed by atoms with Crippen molar-refractivity contribution in [2.24, 2.45) is 5.41 Å². The van der Waals surface area contributed by atoms with Crippen LogP contribution in [0.4, 0.5) is 0 Å². The molecule has 1 aliphatic heterocycles. The van der Waals surface area contributed by atoms with E-state index in [-0.39, 0.29) is 22.9 Å². The Balaban J connectivity index is 1.73. The van der Waals surface area contributed by atoms with Crippen LogP contribution in [-0.4, -0.2) is 17.8 Å². The molecule has 0 spiro atoms. The van der Waals surface area contributed by atoms with Gasteiger partial charge in [0.05, 0.1) is 5.70 Å². The molecule has 0 saturated carbocycles. The highest BCUT2D eigenvalue weighted by Crippen LogP contribution is 2.51. The van der Waals surface area contributed by atoms with Crippen molar-refractivity contribution in [2.45, 2.75) is 37.5 Å². The van der Waals surface area contributed by atoms with Crippen molar-refractivity contribution in [1.82, 2.24) is 5.32 Å². The van der Waals surface area contributed by atoms with Crippen LogP contribution in [0.1, 0.15) is 54.1 Å². The Hall–Kier alpha value is -2.59. The van der Waals surface area contributed by atoms with Crippen molar-refractivity contribution in [3.8, 4) is 0 Å².